The van der Waals surface area contributed by atoms with E-state index in [4.69, 9.17) is 4.74 Å². The lowest BCUT2D eigenvalue weighted by atomic mass is 9.83. The minimum absolute atomic E-state index is 0.0629. The van der Waals surface area contributed by atoms with Crippen molar-refractivity contribution >= 4 is 5.78 Å². The smallest absolute Gasteiger partial charge is 0.197 e. The molecule has 1 N–H and O–H groups in total. The molecule has 0 aliphatic carbocycles. The first-order valence-corrected chi connectivity index (χ1v) is 8.83. The average Bonchev–Trinajstić information content (AvgIpc) is 2.93. The molecule has 2 heterocycles. The third kappa shape index (κ3) is 2.73. The van der Waals surface area contributed by atoms with Crippen LogP contribution in [0.4, 0.5) is 0 Å². The molecule has 2 aromatic carbocycles. The molecule has 2 aromatic rings. The molecular formula is C21H24NO2+. The van der Waals surface area contributed by atoms with Crippen LogP contribution in [0.2, 0.25) is 0 Å². The highest BCUT2D eigenvalue weighted by molar-refractivity contribution is 5.90. The quantitative estimate of drug-likeness (QED) is 0.937. The molecule has 2 fully saturated rings. The van der Waals surface area contributed by atoms with Crippen LogP contribution in [-0.4, -0.2) is 25.0 Å². The summed E-state index contributed by atoms with van der Waals surface area (Å²) in [7, 11) is 1.67. The fourth-order valence-corrected chi connectivity index (χ4v) is 4.50. The molecule has 0 radical (unpaired) electrons. The summed E-state index contributed by atoms with van der Waals surface area (Å²) in [5.41, 5.74) is 2.48. The largest absolute Gasteiger partial charge is 0.497 e. The van der Waals surface area contributed by atoms with Crippen molar-refractivity contribution in [2.45, 2.75) is 43.8 Å². The number of piperidine rings is 1. The van der Waals surface area contributed by atoms with Gasteiger partial charge in [0.1, 0.15) is 18.3 Å². The Bertz CT molecular complexity index is 710. The minimum Gasteiger partial charge on any atom is -0.497 e. The number of ether oxygens (including phenoxy) is 1. The van der Waals surface area contributed by atoms with Crippen LogP contribution in [0.5, 0.6) is 5.75 Å². The first-order chi connectivity index (χ1) is 11.8. The molecule has 2 saturated heterocycles. The molecule has 2 aliphatic rings. The Balaban J connectivity index is 1.53. The fraction of sp³-hybridized carbons (Fsp3) is 0.381. The third-order valence-corrected chi connectivity index (χ3v) is 5.75. The van der Waals surface area contributed by atoms with E-state index in [0.29, 0.717) is 11.8 Å². The molecule has 2 aliphatic heterocycles. The summed E-state index contributed by atoms with van der Waals surface area (Å²) in [5, 5.41) is 0. The van der Waals surface area contributed by atoms with Gasteiger partial charge >= 0.3 is 0 Å². The Labute approximate surface area is 143 Å². The zero-order chi connectivity index (χ0) is 16.5. The zero-order valence-corrected chi connectivity index (χ0v) is 14.1. The van der Waals surface area contributed by atoms with Crippen molar-refractivity contribution in [1.82, 2.24) is 0 Å². The number of hydrogen-bond donors (Lipinski definition) is 1. The number of carbonyl (C=O) groups excluding carboxylic acids is 1. The first kappa shape index (κ1) is 15.4. The maximum absolute atomic E-state index is 13.1. The molecule has 3 heteroatoms. The van der Waals surface area contributed by atoms with E-state index in [1.165, 1.54) is 16.9 Å². The van der Waals surface area contributed by atoms with Crippen LogP contribution in [0.25, 0.3) is 0 Å². The van der Waals surface area contributed by atoms with Crippen LogP contribution in [0.1, 0.15) is 36.3 Å². The number of carbonyl (C=O) groups is 1. The predicted octanol–water partition coefficient (Wildman–Crippen LogP) is 2.37. The maximum atomic E-state index is 13.1. The number of Topliss-reactive ketones (excluding diaryl/α,β-unsaturated/α-hetero) is 1. The summed E-state index contributed by atoms with van der Waals surface area (Å²) in [5.74, 6) is 1.34. The lowest BCUT2D eigenvalue weighted by Crippen LogP contribution is -3.18. The second-order valence-electron chi connectivity index (χ2n) is 7.03. The van der Waals surface area contributed by atoms with Gasteiger partial charge < -0.3 is 9.64 Å². The zero-order valence-electron chi connectivity index (χ0n) is 14.1. The Morgan fingerprint density at radius 3 is 2.50 bits per heavy atom. The van der Waals surface area contributed by atoms with Gasteiger partial charge in [0.2, 0.25) is 0 Å². The number of fused-ring (bicyclic) bond motifs is 2. The van der Waals surface area contributed by atoms with Crippen molar-refractivity contribution < 1.29 is 14.4 Å². The molecule has 24 heavy (non-hydrogen) atoms. The Kier molecular flexibility index (Phi) is 4.11. The van der Waals surface area contributed by atoms with Gasteiger partial charge in [-0.05, 0) is 17.7 Å². The highest BCUT2D eigenvalue weighted by Crippen LogP contribution is 2.33. The molecule has 124 valence electrons. The molecule has 4 atom stereocenters. The Hall–Kier alpha value is -2.13. The highest BCUT2D eigenvalue weighted by Gasteiger charge is 2.50. The summed E-state index contributed by atoms with van der Waals surface area (Å²) in [6.45, 7) is 0.969. The van der Waals surface area contributed by atoms with E-state index in [9.17, 15) is 4.79 Å². The van der Waals surface area contributed by atoms with Gasteiger partial charge in [-0.15, -0.1) is 0 Å². The number of quaternary nitrogens is 1. The molecular weight excluding hydrogens is 298 g/mol. The lowest BCUT2D eigenvalue weighted by molar-refractivity contribution is -0.943. The van der Waals surface area contributed by atoms with Gasteiger partial charge in [0.15, 0.2) is 5.78 Å². The van der Waals surface area contributed by atoms with Gasteiger partial charge in [-0.1, -0.05) is 42.5 Å². The lowest BCUT2D eigenvalue weighted by Gasteiger charge is -2.35. The van der Waals surface area contributed by atoms with Gasteiger partial charge in [-0.25, -0.2) is 0 Å². The van der Waals surface area contributed by atoms with E-state index in [-0.39, 0.29) is 12.0 Å². The minimum atomic E-state index is 0.0629. The fourth-order valence-electron chi connectivity index (χ4n) is 4.50. The van der Waals surface area contributed by atoms with Crippen molar-refractivity contribution in [2.24, 2.45) is 0 Å². The molecule has 1 unspecified atom stereocenters. The number of ketones is 1. The second kappa shape index (κ2) is 6.40. The van der Waals surface area contributed by atoms with Gasteiger partial charge in [0.05, 0.1) is 19.1 Å². The van der Waals surface area contributed by atoms with Crippen molar-refractivity contribution in [3.8, 4) is 5.75 Å². The number of hydrogen-bond acceptors (Lipinski definition) is 2. The average molecular weight is 322 g/mol. The Morgan fingerprint density at radius 1 is 1.04 bits per heavy atom. The Morgan fingerprint density at radius 2 is 1.79 bits per heavy atom. The number of nitrogens with one attached hydrogen (secondary N) is 1. The van der Waals surface area contributed by atoms with Crippen molar-refractivity contribution in [2.75, 3.05) is 7.11 Å². The molecule has 0 amide bonds. The van der Waals surface area contributed by atoms with Crippen molar-refractivity contribution in [1.29, 1.82) is 0 Å². The molecule has 0 saturated carbocycles. The van der Waals surface area contributed by atoms with Gasteiger partial charge in [0, 0.05) is 24.8 Å². The highest BCUT2D eigenvalue weighted by atomic mass is 16.5. The normalized spacial score (nSPS) is 28.8. The summed E-state index contributed by atoms with van der Waals surface area (Å²) < 4.78 is 5.23. The van der Waals surface area contributed by atoms with Crippen LogP contribution < -0.4 is 9.64 Å². The van der Waals surface area contributed by atoms with E-state index < -0.39 is 0 Å². The summed E-state index contributed by atoms with van der Waals surface area (Å²) >= 11 is 0. The topological polar surface area (TPSA) is 30.7 Å². The van der Waals surface area contributed by atoms with E-state index in [0.717, 1.165) is 30.7 Å². The van der Waals surface area contributed by atoms with Crippen LogP contribution in [0.15, 0.2) is 54.6 Å². The predicted molar refractivity (Wildman–Crippen MR) is 93.3 cm³/mol. The van der Waals surface area contributed by atoms with E-state index in [1.807, 2.05) is 12.1 Å². The van der Waals surface area contributed by atoms with Crippen molar-refractivity contribution in [3.05, 3.63) is 65.7 Å². The maximum Gasteiger partial charge on any atom is 0.197 e. The number of benzene rings is 2. The molecule has 0 spiro atoms. The summed E-state index contributed by atoms with van der Waals surface area (Å²) in [4.78, 5) is 14.6. The van der Waals surface area contributed by atoms with Crippen LogP contribution in [0.3, 0.4) is 0 Å². The van der Waals surface area contributed by atoms with Crippen LogP contribution >= 0.6 is 0 Å². The van der Waals surface area contributed by atoms with Crippen LogP contribution in [0, 0.1) is 0 Å². The molecule has 4 rings (SSSR count). The number of rotatable bonds is 4. The van der Waals surface area contributed by atoms with E-state index >= 15 is 0 Å². The molecule has 2 bridgehead atoms. The molecule has 0 aromatic heterocycles. The second-order valence-corrected chi connectivity index (χ2v) is 7.03. The monoisotopic (exact) mass is 322 g/mol. The first-order valence-electron chi connectivity index (χ1n) is 8.83. The van der Waals surface area contributed by atoms with E-state index in [1.54, 1.807) is 7.11 Å². The summed E-state index contributed by atoms with van der Waals surface area (Å²) in [6.07, 6.45) is 3.19. The van der Waals surface area contributed by atoms with Gasteiger partial charge in [-0.3, -0.25) is 4.79 Å². The van der Waals surface area contributed by atoms with Crippen LogP contribution in [-0.2, 0) is 11.3 Å². The van der Waals surface area contributed by atoms with E-state index in [2.05, 4.69) is 42.5 Å². The standard InChI is InChI=1S/C21H23NO2/c1-24-18-10-7-16(8-11-18)19-13-17-9-12-20(21(19)23)22(17)14-15-5-3-2-4-6-15/h2-8,10-11,17,19-20H,9,12-14H2,1H3/p+1/t17-,19+,20+/m1/s1. The third-order valence-electron chi connectivity index (χ3n) is 5.75. The SMILES string of the molecule is COc1ccc([C@@H]2C[C@H]3CC[C@@H](C2=O)[NH+]3Cc2ccccc2)cc1. The number of methoxy groups -OCH3 is 1. The van der Waals surface area contributed by atoms with Crippen molar-refractivity contribution in [3.63, 3.8) is 0 Å². The van der Waals surface area contributed by atoms with Gasteiger partial charge in [-0.2, -0.15) is 0 Å². The molecule has 3 nitrogen and oxygen atoms in total. The summed E-state index contributed by atoms with van der Waals surface area (Å²) in [6, 6.07) is 19.4. The van der Waals surface area contributed by atoms with Gasteiger partial charge in [0.25, 0.3) is 0 Å².